The number of anilines is 1. The quantitative estimate of drug-likeness (QED) is 0.394. The van der Waals surface area contributed by atoms with Crippen LogP contribution in [-0.2, 0) is 0 Å². The summed E-state index contributed by atoms with van der Waals surface area (Å²) in [5.41, 5.74) is 4.87. The first kappa shape index (κ1) is 25.4. The molecule has 2 amide bonds. The van der Waals surface area contributed by atoms with Crippen molar-refractivity contribution in [2.45, 2.75) is 25.8 Å². The number of aromatic nitrogens is 3. The van der Waals surface area contributed by atoms with Crippen molar-refractivity contribution in [1.29, 1.82) is 5.26 Å². The van der Waals surface area contributed by atoms with Crippen molar-refractivity contribution in [3.8, 4) is 27.8 Å². The highest BCUT2D eigenvalue weighted by Crippen LogP contribution is 2.40. The van der Waals surface area contributed by atoms with E-state index in [1.165, 1.54) is 11.3 Å². The molecule has 2 N–H and O–H groups in total. The number of aryl methyl sites for hydroxylation is 1. The number of urea groups is 1. The summed E-state index contributed by atoms with van der Waals surface area (Å²) in [4.78, 5) is 32.2. The maximum atomic E-state index is 13.3. The standard InChI is InChI=1S/C29H30N8OS/c1-19-24-16-22(5-6-25(24)33-18-32-19)27-26(21-4-2-3-20(15-21)17-30)34-28(39-27)35-29(38)37-11-7-23(8-12-37)36-13-9-31-10-14-36/h2-6,15-16,18,23,31H,7-14H2,1H3,(H,34,35,38). The predicted octanol–water partition coefficient (Wildman–Crippen LogP) is 4.50. The van der Waals surface area contributed by atoms with Crippen molar-refractivity contribution in [3.63, 3.8) is 0 Å². The molecule has 2 fully saturated rings. The average molecular weight is 539 g/mol. The van der Waals surface area contributed by atoms with Crippen molar-refractivity contribution >= 4 is 33.4 Å². The van der Waals surface area contributed by atoms with Crippen LogP contribution in [0.3, 0.4) is 0 Å². The van der Waals surface area contributed by atoms with Crippen LogP contribution in [0.4, 0.5) is 9.93 Å². The summed E-state index contributed by atoms with van der Waals surface area (Å²) in [7, 11) is 0. The zero-order valence-corrected chi connectivity index (χ0v) is 22.7. The molecule has 2 aromatic carbocycles. The zero-order chi connectivity index (χ0) is 26.8. The van der Waals surface area contributed by atoms with Crippen LogP contribution in [0.2, 0.25) is 0 Å². The van der Waals surface area contributed by atoms with Crippen LogP contribution in [-0.4, -0.2) is 76.1 Å². The van der Waals surface area contributed by atoms with Gasteiger partial charge in [-0.05, 0) is 49.6 Å². The number of fused-ring (bicyclic) bond motifs is 1. The number of carbonyl (C=O) groups is 1. The van der Waals surface area contributed by atoms with Crippen LogP contribution in [0.25, 0.3) is 32.6 Å². The second-order valence-electron chi connectivity index (χ2n) is 10.0. The molecule has 10 heteroatoms. The van der Waals surface area contributed by atoms with Gasteiger partial charge in [-0.2, -0.15) is 5.26 Å². The number of hydrogen-bond donors (Lipinski definition) is 2. The number of nitriles is 1. The van der Waals surface area contributed by atoms with Gasteiger partial charge >= 0.3 is 6.03 Å². The molecule has 0 aliphatic carbocycles. The third kappa shape index (κ3) is 5.34. The molecule has 0 saturated carbocycles. The second kappa shape index (κ2) is 11.1. The molecule has 0 bridgehead atoms. The van der Waals surface area contributed by atoms with E-state index in [4.69, 9.17) is 4.98 Å². The first-order chi connectivity index (χ1) is 19.1. The van der Waals surface area contributed by atoms with Crippen LogP contribution >= 0.6 is 11.3 Å². The summed E-state index contributed by atoms with van der Waals surface area (Å²) >= 11 is 1.44. The van der Waals surface area contributed by atoms with Gasteiger partial charge in [-0.25, -0.2) is 19.7 Å². The average Bonchev–Trinajstić information content (AvgIpc) is 3.41. The summed E-state index contributed by atoms with van der Waals surface area (Å²) in [6.07, 6.45) is 3.55. The highest BCUT2D eigenvalue weighted by molar-refractivity contribution is 7.19. The highest BCUT2D eigenvalue weighted by Gasteiger charge is 2.28. The Hall–Kier alpha value is -3.91. The maximum Gasteiger partial charge on any atom is 0.323 e. The third-order valence-corrected chi connectivity index (χ3v) is 8.64. The molecule has 2 saturated heterocycles. The molecule has 198 valence electrons. The van der Waals surface area contributed by atoms with Gasteiger partial charge < -0.3 is 10.2 Å². The lowest BCUT2D eigenvalue weighted by Gasteiger charge is -2.40. The van der Waals surface area contributed by atoms with Gasteiger partial charge in [0.1, 0.15) is 6.33 Å². The van der Waals surface area contributed by atoms with Gasteiger partial charge in [0.05, 0.1) is 27.7 Å². The SMILES string of the molecule is Cc1ncnc2ccc(-c3sc(NC(=O)N4CCC(N5CCNCC5)CC4)nc3-c3cccc(C#N)c3)cc12. The molecule has 2 aliphatic heterocycles. The number of carbonyl (C=O) groups excluding carboxylic acids is 1. The highest BCUT2D eigenvalue weighted by atomic mass is 32.1. The van der Waals surface area contributed by atoms with Crippen LogP contribution in [0.15, 0.2) is 48.8 Å². The van der Waals surface area contributed by atoms with E-state index in [1.807, 2.05) is 42.2 Å². The molecule has 0 radical (unpaired) electrons. The van der Waals surface area contributed by atoms with Gasteiger partial charge in [-0.3, -0.25) is 10.2 Å². The van der Waals surface area contributed by atoms with Crippen LogP contribution in [0.1, 0.15) is 24.1 Å². The van der Waals surface area contributed by atoms with Gasteiger partial charge in [-0.15, -0.1) is 0 Å². The summed E-state index contributed by atoms with van der Waals surface area (Å²) in [5.74, 6) is 0. The Morgan fingerprint density at radius 3 is 2.69 bits per heavy atom. The van der Waals surface area contributed by atoms with Crippen molar-refractivity contribution in [1.82, 2.24) is 30.1 Å². The van der Waals surface area contributed by atoms with Gasteiger partial charge in [0, 0.05) is 62.0 Å². The molecular formula is C29H30N8OS. The van der Waals surface area contributed by atoms with Crippen molar-refractivity contribution in [2.75, 3.05) is 44.6 Å². The fourth-order valence-electron chi connectivity index (χ4n) is 5.48. The number of rotatable bonds is 4. The van der Waals surface area contributed by atoms with E-state index in [2.05, 4.69) is 37.6 Å². The van der Waals surface area contributed by atoms with E-state index in [0.29, 0.717) is 16.7 Å². The third-order valence-electron chi connectivity index (χ3n) is 7.62. The minimum Gasteiger partial charge on any atom is -0.324 e. The Morgan fingerprint density at radius 2 is 1.90 bits per heavy atom. The van der Waals surface area contributed by atoms with E-state index in [-0.39, 0.29) is 6.03 Å². The number of nitrogens with one attached hydrogen (secondary N) is 2. The molecule has 6 rings (SSSR count). The Labute approximate surface area is 231 Å². The predicted molar refractivity (Wildman–Crippen MR) is 154 cm³/mol. The van der Waals surface area contributed by atoms with Gasteiger partial charge in [0.25, 0.3) is 0 Å². The van der Waals surface area contributed by atoms with E-state index >= 15 is 0 Å². The maximum absolute atomic E-state index is 13.3. The van der Waals surface area contributed by atoms with Crippen LogP contribution in [0, 0.1) is 18.3 Å². The second-order valence-corrected chi connectivity index (χ2v) is 11.0. The lowest BCUT2D eigenvalue weighted by molar-refractivity contribution is 0.110. The molecule has 4 aromatic rings. The zero-order valence-electron chi connectivity index (χ0n) is 21.9. The molecule has 0 spiro atoms. The van der Waals surface area contributed by atoms with Crippen LogP contribution in [0.5, 0.6) is 0 Å². The first-order valence-electron chi connectivity index (χ1n) is 13.3. The number of benzene rings is 2. The number of amides is 2. The Balaban J connectivity index is 1.27. The molecule has 39 heavy (non-hydrogen) atoms. The summed E-state index contributed by atoms with van der Waals surface area (Å²) in [5, 5.41) is 17.5. The minimum absolute atomic E-state index is 0.117. The molecule has 2 aromatic heterocycles. The van der Waals surface area contributed by atoms with E-state index in [9.17, 15) is 10.1 Å². The summed E-state index contributed by atoms with van der Waals surface area (Å²) in [6, 6.07) is 16.1. The first-order valence-corrected chi connectivity index (χ1v) is 14.1. The van der Waals surface area contributed by atoms with Crippen LogP contribution < -0.4 is 10.6 Å². The number of piperazine rings is 1. The number of nitrogens with zero attached hydrogens (tertiary/aromatic N) is 6. The minimum atomic E-state index is -0.117. The normalized spacial score (nSPS) is 16.8. The smallest absolute Gasteiger partial charge is 0.323 e. The lowest BCUT2D eigenvalue weighted by atomic mass is 10.0. The molecule has 0 atom stereocenters. The number of thiazole rings is 1. The van der Waals surface area contributed by atoms with E-state index < -0.39 is 0 Å². The van der Waals surface area contributed by atoms with Gasteiger partial charge in [0.15, 0.2) is 5.13 Å². The number of piperidine rings is 1. The summed E-state index contributed by atoms with van der Waals surface area (Å²) in [6.45, 7) is 7.67. The molecule has 9 nitrogen and oxygen atoms in total. The number of hydrogen-bond acceptors (Lipinski definition) is 8. The number of likely N-dealkylation sites (tertiary alicyclic amines) is 1. The Morgan fingerprint density at radius 1 is 1.08 bits per heavy atom. The van der Waals surface area contributed by atoms with Crippen molar-refractivity contribution in [3.05, 3.63) is 60.0 Å². The van der Waals surface area contributed by atoms with Crippen molar-refractivity contribution < 1.29 is 4.79 Å². The van der Waals surface area contributed by atoms with E-state index in [0.717, 1.165) is 90.4 Å². The topological polar surface area (TPSA) is 110 Å². The van der Waals surface area contributed by atoms with Gasteiger partial charge in [0.2, 0.25) is 0 Å². The monoisotopic (exact) mass is 538 g/mol. The fourth-order valence-corrected chi connectivity index (χ4v) is 6.45. The fraction of sp³-hybridized carbons (Fsp3) is 0.345. The van der Waals surface area contributed by atoms with Gasteiger partial charge in [-0.1, -0.05) is 29.5 Å². The van der Waals surface area contributed by atoms with E-state index in [1.54, 1.807) is 12.4 Å². The molecule has 2 aliphatic rings. The Bertz CT molecular complexity index is 1550. The molecular weight excluding hydrogens is 508 g/mol. The largest absolute Gasteiger partial charge is 0.324 e. The molecule has 4 heterocycles. The molecule has 0 unspecified atom stereocenters. The summed E-state index contributed by atoms with van der Waals surface area (Å²) < 4.78 is 0. The Kier molecular flexibility index (Phi) is 7.20. The lowest BCUT2D eigenvalue weighted by Crippen LogP contribution is -2.53. The van der Waals surface area contributed by atoms with Crippen molar-refractivity contribution in [2.24, 2.45) is 0 Å².